The predicted octanol–water partition coefficient (Wildman–Crippen LogP) is 5.42. The zero-order chi connectivity index (χ0) is 19.8. The Morgan fingerprint density at radius 1 is 0.808 bits per heavy atom. The van der Waals surface area contributed by atoms with Gasteiger partial charge in [-0.3, -0.25) is 30.3 Å². The van der Waals surface area contributed by atoms with Gasteiger partial charge < -0.3 is 5.32 Å². The third kappa shape index (κ3) is 3.62. The molecule has 0 spiro atoms. The maximum Gasteiger partial charge on any atom is 0.299 e. The Balaban J connectivity index is 2.76. The molecule has 0 aliphatic rings. The lowest BCUT2D eigenvalue weighted by Crippen LogP contribution is -2.04. The van der Waals surface area contributed by atoms with E-state index in [2.05, 4.69) is 5.32 Å². The van der Waals surface area contributed by atoms with Crippen molar-refractivity contribution in [1.29, 1.82) is 0 Å². The molecule has 0 aromatic heterocycles. The van der Waals surface area contributed by atoms with E-state index in [9.17, 15) is 30.3 Å². The van der Waals surface area contributed by atoms with Gasteiger partial charge in [-0.05, 0) is 13.0 Å². The number of nitrogens with one attached hydrogen (secondary N) is 1. The van der Waals surface area contributed by atoms with Gasteiger partial charge in [-0.25, -0.2) is 0 Å². The Morgan fingerprint density at radius 3 is 1.81 bits per heavy atom. The molecular weight excluding hydrogens is 415 g/mol. The fraction of sp³-hybridized carbons (Fsp3) is 0.0769. The van der Waals surface area contributed by atoms with E-state index in [1.165, 1.54) is 13.0 Å². The Kier molecular flexibility index (Phi) is 5.50. The van der Waals surface area contributed by atoms with Gasteiger partial charge in [0, 0.05) is 16.7 Å². The van der Waals surface area contributed by atoms with Crippen LogP contribution in [0.5, 0.6) is 0 Å². The number of benzene rings is 2. The van der Waals surface area contributed by atoms with Crippen LogP contribution in [-0.4, -0.2) is 14.8 Å². The molecule has 0 heterocycles. The van der Waals surface area contributed by atoms with Crippen molar-refractivity contribution in [2.24, 2.45) is 0 Å². The number of anilines is 2. The molecule has 0 atom stereocenters. The molecule has 0 fully saturated rings. The van der Waals surface area contributed by atoms with Gasteiger partial charge in [0.1, 0.15) is 16.4 Å². The molecule has 13 heteroatoms. The molecule has 0 amide bonds. The second kappa shape index (κ2) is 7.28. The molecule has 0 aliphatic carbocycles. The minimum absolute atomic E-state index is 0.0137. The molecule has 0 saturated carbocycles. The fourth-order valence-corrected chi connectivity index (χ4v) is 2.89. The van der Waals surface area contributed by atoms with Gasteiger partial charge in [-0.15, -0.1) is 0 Å². The summed E-state index contributed by atoms with van der Waals surface area (Å²) in [7, 11) is 0. The molecule has 136 valence electrons. The Labute approximate surface area is 159 Å². The Bertz CT molecular complexity index is 966. The number of hydrogen-bond donors (Lipinski definition) is 1. The van der Waals surface area contributed by atoms with Crippen molar-refractivity contribution in [3.63, 3.8) is 0 Å². The van der Waals surface area contributed by atoms with Crippen LogP contribution in [0.1, 0.15) is 5.56 Å². The van der Waals surface area contributed by atoms with Crippen molar-refractivity contribution in [3.05, 3.63) is 69.2 Å². The number of halogens is 3. The number of nitro benzene ring substituents is 3. The third-order valence-corrected chi connectivity index (χ3v) is 4.33. The first-order valence-electron chi connectivity index (χ1n) is 6.57. The van der Waals surface area contributed by atoms with Crippen LogP contribution >= 0.6 is 34.8 Å². The maximum atomic E-state index is 11.3. The van der Waals surface area contributed by atoms with Gasteiger partial charge in [0.05, 0.1) is 25.9 Å². The summed E-state index contributed by atoms with van der Waals surface area (Å²) in [5, 5.41) is 35.5. The van der Waals surface area contributed by atoms with Crippen molar-refractivity contribution >= 4 is 63.2 Å². The average molecular weight is 422 g/mol. The lowest BCUT2D eigenvalue weighted by molar-refractivity contribution is -0.393. The van der Waals surface area contributed by atoms with Crippen LogP contribution in [0.2, 0.25) is 15.1 Å². The second-order valence-electron chi connectivity index (χ2n) is 4.91. The average Bonchev–Trinajstić information content (AvgIpc) is 2.52. The van der Waals surface area contributed by atoms with Crippen LogP contribution in [0.25, 0.3) is 0 Å². The summed E-state index contributed by atoms with van der Waals surface area (Å²) < 4.78 is 0. The van der Waals surface area contributed by atoms with E-state index in [1.54, 1.807) is 0 Å². The van der Waals surface area contributed by atoms with Gasteiger partial charge in [0.2, 0.25) is 0 Å². The van der Waals surface area contributed by atoms with E-state index in [1.807, 2.05) is 0 Å². The topological polar surface area (TPSA) is 141 Å². The Morgan fingerprint density at radius 2 is 1.31 bits per heavy atom. The van der Waals surface area contributed by atoms with Crippen LogP contribution in [0.4, 0.5) is 28.4 Å². The molecule has 10 nitrogen and oxygen atoms in total. The van der Waals surface area contributed by atoms with Crippen LogP contribution in [0.15, 0.2) is 18.2 Å². The van der Waals surface area contributed by atoms with E-state index in [0.29, 0.717) is 6.07 Å². The molecule has 2 rings (SSSR count). The second-order valence-corrected chi connectivity index (χ2v) is 6.13. The first-order chi connectivity index (χ1) is 12.0. The minimum Gasteiger partial charge on any atom is -0.343 e. The smallest absolute Gasteiger partial charge is 0.299 e. The highest BCUT2D eigenvalue weighted by molar-refractivity contribution is 6.37. The molecule has 26 heavy (non-hydrogen) atoms. The number of hydrogen-bond acceptors (Lipinski definition) is 7. The third-order valence-electron chi connectivity index (χ3n) is 3.33. The van der Waals surface area contributed by atoms with E-state index in [0.717, 1.165) is 6.07 Å². The molecular formula is C13H7Cl3N4O6. The van der Waals surface area contributed by atoms with E-state index < -0.39 is 31.8 Å². The molecule has 0 saturated heterocycles. The minimum atomic E-state index is -0.881. The lowest BCUT2D eigenvalue weighted by atomic mass is 10.1. The monoisotopic (exact) mass is 420 g/mol. The molecule has 0 radical (unpaired) electrons. The highest BCUT2D eigenvalue weighted by Gasteiger charge is 2.29. The molecule has 0 unspecified atom stereocenters. The van der Waals surface area contributed by atoms with Crippen LogP contribution in [0, 0.1) is 37.3 Å². The summed E-state index contributed by atoms with van der Waals surface area (Å²) >= 11 is 17.6. The van der Waals surface area contributed by atoms with Gasteiger partial charge in [0.15, 0.2) is 0 Å². The first-order valence-corrected chi connectivity index (χ1v) is 7.70. The number of nitro groups is 3. The van der Waals surface area contributed by atoms with Crippen LogP contribution < -0.4 is 5.32 Å². The highest BCUT2D eigenvalue weighted by Crippen LogP contribution is 2.44. The summed E-state index contributed by atoms with van der Waals surface area (Å²) in [6.07, 6.45) is 0. The van der Waals surface area contributed by atoms with Crippen molar-refractivity contribution in [1.82, 2.24) is 0 Å². The maximum absolute atomic E-state index is 11.3. The fourth-order valence-electron chi connectivity index (χ4n) is 2.15. The summed E-state index contributed by atoms with van der Waals surface area (Å²) in [6.45, 7) is 1.29. The molecule has 2 aromatic rings. The molecule has 0 aliphatic heterocycles. The summed E-state index contributed by atoms with van der Waals surface area (Å²) in [5.41, 5.74) is -2.48. The van der Waals surface area contributed by atoms with Crippen molar-refractivity contribution in [3.8, 4) is 0 Å². The summed E-state index contributed by atoms with van der Waals surface area (Å²) in [6, 6.07) is 2.86. The predicted molar refractivity (Wildman–Crippen MR) is 95.9 cm³/mol. The van der Waals surface area contributed by atoms with Crippen LogP contribution in [-0.2, 0) is 0 Å². The van der Waals surface area contributed by atoms with E-state index >= 15 is 0 Å². The summed E-state index contributed by atoms with van der Waals surface area (Å²) in [4.78, 5) is 31.0. The first kappa shape index (κ1) is 19.6. The van der Waals surface area contributed by atoms with E-state index in [4.69, 9.17) is 34.8 Å². The van der Waals surface area contributed by atoms with E-state index in [-0.39, 0.29) is 32.0 Å². The zero-order valence-corrected chi connectivity index (χ0v) is 14.9. The number of rotatable bonds is 5. The largest absolute Gasteiger partial charge is 0.343 e. The molecule has 1 N–H and O–H groups in total. The SMILES string of the molecule is Cc1c(Cl)c([N+](=O)[O-])cc([N+](=O)[O-])c1Nc1c(Cl)cc(Cl)cc1[N+](=O)[O-]. The number of nitrogens with zero attached hydrogens (tertiary/aromatic N) is 3. The Hall–Kier alpha value is -2.69. The van der Waals surface area contributed by atoms with Crippen LogP contribution in [0.3, 0.4) is 0 Å². The van der Waals surface area contributed by atoms with Crippen molar-refractivity contribution in [2.45, 2.75) is 6.92 Å². The lowest BCUT2D eigenvalue weighted by Gasteiger charge is -2.13. The molecule has 2 aromatic carbocycles. The van der Waals surface area contributed by atoms with Crippen molar-refractivity contribution < 1.29 is 14.8 Å². The summed E-state index contributed by atoms with van der Waals surface area (Å²) in [5.74, 6) is 0. The van der Waals surface area contributed by atoms with Gasteiger partial charge >= 0.3 is 0 Å². The van der Waals surface area contributed by atoms with Gasteiger partial charge in [0.25, 0.3) is 17.1 Å². The normalized spacial score (nSPS) is 10.5. The molecule has 0 bridgehead atoms. The quantitative estimate of drug-likeness (QED) is 0.501. The highest BCUT2D eigenvalue weighted by atomic mass is 35.5. The van der Waals surface area contributed by atoms with Crippen molar-refractivity contribution in [2.75, 3.05) is 5.32 Å². The zero-order valence-electron chi connectivity index (χ0n) is 12.7. The van der Waals surface area contributed by atoms with Gasteiger partial charge in [-0.2, -0.15) is 0 Å². The van der Waals surface area contributed by atoms with Gasteiger partial charge in [-0.1, -0.05) is 34.8 Å². The standard InChI is InChI=1S/C13H7Cl3N4O6/c1-5-11(16)8(18(21)22)4-10(20(25)26)12(5)17-13-7(15)2-6(14)3-9(13)19(23)24/h2-4,17H,1H3.